The van der Waals surface area contributed by atoms with Crippen molar-refractivity contribution in [3.05, 3.63) is 58.7 Å². The zero-order valence-corrected chi connectivity index (χ0v) is 11.0. The number of aryl methyl sites for hydroxylation is 1. The fourth-order valence-corrected chi connectivity index (χ4v) is 2.84. The molecule has 0 unspecified atom stereocenters. The van der Waals surface area contributed by atoms with Crippen molar-refractivity contribution in [3.8, 4) is 11.5 Å². The van der Waals surface area contributed by atoms with E-state index >= 15 is 0 Å². The van der Waals surface area contributed by atoms with Crippen LogP contribution in [0.25, 0.3) is 0 Å². The van der Waals surface area contributed by atoms with E-state index in [1.165, 1.54) is 22.3 Å². The Hall–Kier alpha value is -1.76. The van der Waals surface area contributed by atoms with Crippen LogP contribution in [0.2, 0.25) is 0 Å². The van der Waals surface area contributed by atoms with E-state index in [9.17, 15) is 0 Å². The van der Waals surface area contributed by atoms with Crippen LogP contribution in [0.5, 0.6) is 11.5 Å². The third kappa shape index (κ3) is 1.71. The third-order valence-corrected chi connectivity index (χ3v) is 3.78. The van der Waals surface area contributed by atoms with Crippen LogP contribution < -0.4 is 4.74 Å². The van der Waals surface area contributed by atoms with Gasteiger partial charge in [0.2, 0.25) is 0 Å². The molecule has 1 heteroatoms. The molecule has 2 aromatic rings. The first-order valence-electron chi connectivity index (χ1n) is 6.72. The molecule has 0 spiro atoms. The van der Waals surface area contributed by atoms with E-state index in [0.717, 1.165) is 30.8 Å². The topological polar surface area (TPSA) is 9.23 Å². The summed E-state index contributed by atoms with van der Waals surface area (Å²) in [6.07, 6.45) is 3.18. The minimum Gasteiger partial charge on any atom is -0.457 e. The molecule has 1 nitrogen and oxygen atoms in total. The van der Waals surface area contributed by atoms with E-state index in [-0.39, 0.29) is 0 Å². The standard InChI is InChI=1S/C17H18O/c1-3-12-9-10-17-15(14(12)4-2)11-13-7-5-6-8-16(13)18-17/h5-10H,3-4,11H2,1-2H3. The van der Waals surface area contributed by atoms with Gasteiger partial charge in [-0.25, -0.2) is 0 Å². The van der Waals surface area contributed by atoms with Crippen molar-refractivity contribution in [1.82, 2.24) is 0 Å². The Bertz CT molecular complexity index is 584. The lowest BCUT2D eigenvalue weighted by Gasteiger charge is -2.24. The van der Waals surface area contributed by atoms with Crippen LogP contribution in [0.15, 0.2) is 36.4 Å². The normalized spacial score (nSPS) is 12.6. The van der Waals surface area contributed by atoms with E-state index < -0.39 is 0 Å². The molecule has 0 aliphatic carbocycles. The monoisotopic (exact) mass is 238 g/mol. The molecule has 92 valence electrons. The van der Waals surface area contributed by atoms with Gasteiger partial charge in [0.1, 0.15) is 11.5 Å². The van der Waals surface area contributed by atoms with E-state index in [4.69, 9.17) is 4.74 Å². The van der Waals surface area contributed by atoms with E-state index in [1.807, 2.05) is 6.07 Å². The molecule has 0 saturated heterocycles. The predicted octanol–water partition coefficient (Wildman–Crippen LogP) is 4.51. The van der Waals surface area contributed by atoms with Gasteiger partial charge in [-0.2, -0.15) is 0 Å². The van der Waals surface area contributed by atoms with Crippen LogP contribution in [0.4, 0.5) is 0 Å². The molecule has 0 N–H and O–H groups in total. The minimum absolute atomic E-state index is 1.00. The molecule has 0 aromatic heterocycles. The summed E-state index contributed by atoms with van der Waals surface area (Å²) in [6, 6.07) is 12.7. The maximum absolute atomic E-state index is 6.02. The Morgan fingerprint density at radius 2 is 1.78 bits per heavy atom. The van der Waals surface area contributed by atoms with Crippen LogP contribution in [0, 0.1) is 0 Å². The fourth-order valence-electron chi connectivity index (χ4n) is 2.84. The van der Waals surface area contributed by atoms with Crippen molar-refractivity contribution in [3.63, 3.8) is 0 Å². The van der Waals surface area contributed by atoms with Crippen LogP contribution >= 0.6 is 0 Å². The van der Waals surface area contributed by atoms with Crippen molar-refractivity contribution >= 4 is 0 Å². The second-order valence-corrected chi connectivity index (χ2v) is 4.77. The lowest BCUT2D eigenvalue weighted by molar-refractivity contribution is 0.458. The quantitative estimate of drug-likeness (QED) is 0.638. The average molecular weight is 238 g/mol. The third-order valence-electron chi connectivity index (χ3n) is 3.78. The largest absolute Gasteiger partial charge is 0.457 e. The van der Waals surface area contributed by atoms with Gasteiger partial charge in [-0.1, -0.05) is 38.1 Å². The summed E-state index contributed by atoms with van der Waals surface area (Å²) in [4.78, 5) is 0. The van der Waals surface area contributed by atoms with Gasteiger partial charge in [-0.15, -0.1) is 0 Å². The number of hydrogen-bond donors (Lipinski definition) is 0. The Labute approximate surface area is 108 Å². The predicted molar refractivity (Wildman–Crippen MR) is 74.5 cm³/mol. The second kappa shape index (κ2) is 4.49. The summed E-state index contributed by atoms with van der Waals surface area (Å²) in [5, 5.41) is 0. The highest BCUT2D eigenvalue weighted by Crippen LogP contribution is 2.39. The average Bonchev–Trinajstić information content (AvgIpc) is 2.43. The highest BCUT2D eigenvalue weighted by atomic mass is 16.5. The SMILES string of the molecule is CCc1ccc2c(c1CC)Cc1ccccc1O2. The van der Waals surface area contributed by atoms with Crippen molar-refractivity contribution in [1.29, 1.82) is 0 Å². The van der Waals surface area contributed by atoms with Gasteiger partial charge in [0, 0.05) is 12.0 Å². The molecule has 1 heterocycles. The molecule has 0 radical (unpaired) electrons. The first-order valence-corrected chi connectivity index (χ1v) is 6.72. The van der Waals surface area contributed by atoms with Gasteiger partial charge in [0.25, 0.3) is 0 Å². The fraction of sp³-hybridized carbons (Fsp3) is 0.294. The van der Waals surface area contributed by atoms with Crippen LogP contribution in [0.1, 0.15) is 36.1 Å². The van der Waals surface area contributed by atoms with E-state index in [0.29, 0.717) is 0 Å². The van der Waals surface area contributed by atoms with Crippen LogP contribution in [-0.4, -0.2) is 0 Å². The smallest absolute Gasteiger partial charge is 0.131 e. The van der Waals surface area contributed by atoms with Crippen molar-refractivity contribution in [2.24, 2.45) is 0 Å². The number of hydrogen-bond acceptors (Lipinski definition) is 1. The molecule has 3 rings (SSSR count). The van der Waals surface area contributed by atoms with E-state index in [1.54, 1.807) is 0 Å². The summed E-state index contributed by atoms with van der Waals surface area (Å²) in [5.74, 6) is 2.05. The number of para-hydroxylation sites is 1. The lowest BCUT2D eigenvalue weighted by atomic mass is 9.90. The second-order valence-electron chi connectivity index (χ2n) is 4.77. The van der Waals surface area contributed by atoms with Crippen molar-refractivity contribution in [2.75, 3.05) is 0 Å². The molecule has 0 saturated carbocycles. The van der Waals surface area contributed by atoms with E-state index in [2.05, 4.69) is 44.2 Å². The summed E-state index contributed by atoms with van der Waals surface area (Å²) in [7, 11) is 0. The van der Waals surface area contributed by atoms with Crippen LogP contribution in [-0.2, 0) is 19.3 Å². The highest BCUT2D eigenvalue weighted by molar-refractivity contribution is 5.54. The summed E-state index contributed by atoms with van der Waals surface area (Å²) >= 11 is 0. The first-order chi connectivity index (χ1) is 8.83. The molecule has 18 heavy (non-hydrogen) atoms. The number of rotatable bonds is 2. The summed E-state index contributed by atoms with van der Waals surface area (Å²) < 4.78 is 6.02. The molecular formula is C17H18O. The molecule has 2 aromatic carbocycles. The number of fused-ring (bicyclic) bond motifs is 2. The molecular weight excluding hydrogens is 220 g/mol. The maximum Gasteiger partial charge on any atom is 0.131 e. The molecule has 0 amide bonds. The highest BCUT2D eigenvalue weighted by Gasteiger charge is 2.20. The Balaban J connectivity index is 2.13. The van der Waals surface area contributed by atoms with Gasteiger partial charge in [-0.3, -0.25) is 0 Å². The zero-order valence-electron chi connectivity index (χ0n) is 11.0. The Morgan fingerprint density at radius 3 is 2.56 bits per heavy atom. The van der Waals surface area contributed by atoms with Gasteiger partial charge in [0.15, 0.2) is 0 Å². The summed E-state index contributed by atoms with van der Waals surface area (Å²) in [6.45, 7) is 4.45. The molecule has 1 aliphatic heterocycles. The molecule has 0 bridgehead atoms. The Morgan fingerprint density at radius 1 is 0.944 bits per heavy atom. The molecule has 0 fully saturated rings. The lowest BCUT2D eigenvalue weighted by Crippen LogP contribution is -2.07. The molecule has 0 atom stereocenters. The van der Waals surface area contributed by atoms with Gasteiger partial charge < -0.3 is 4.74 Å². The van der Waals surface area contributed by atoms with Crippen LogP contribution in [0.3, 0.4) is 0 Å². The number of benzene rings is 2. The number of ether oxygens (including phenoxy) is 1. The zero-order chi connectivity index (χ0) is 12.5. The summed E-state index contributed by atoms with van der Waals surface area (Å²) in [5.41, 5.74) is 5.62. The first kappa shape index (κ1) is 11.3. The Kier molecular flexibility index (Phi) is 2.83. The molecule has 1 aliphatic rings. The van der Waals surface area contributed by atoms with Crippen molar-refractivity contribution in [2.45, 2.75) is 33.1 Å². The maximum atomic E-state index is 6.02. The van der Waals surface area contributed by atoms with Gasteiger partial charge in [0.05, 0.1) is 0 Å². The van der Waals surface area contributed by atoms with Gasteiger partial charge >= 0.3 is 0 Å². The van der Waals surface area contributed by atoms with Crippen molar-refractivity contribution < 1.29 is 4.74 Å². The minimum atomic E-state index is 1.00. The van der Waals surface area contributed by atoms with Gasteiger partial charge in [-0.05, 0) is 41.7 Å².